The van der Waals surface area contributed by atoms with Gasteiger partial charge in [-0.1, -0.05) is 18.1 Å². The Morgan fingerprint density at radius 3 is 2.75 bits per heavy atom. The molecule has 1 aliphatic rings. The summed E-state index contributed by atoms with van der Waals surface area (Å²) >= 11 is 1.54. The van der Waals surface area contributed by atoms with Crippen LogP contribution in [0, 0.1) is 13.8 Å². The van der Waals surface area contributed by atoms with E-state index in [0.29, 0.717) is 24.5 Å². The number of hydrogen-bond acceptors (Lipinski definition) is 7. The number of aromatic nitrogens is 3. The summed E-state index contributed by atoms with van der Waals surface area (Å²) in [7, 11) is 0. The first-order chi connectivity index (χ1) is 15.5. The topological polar surface area (TPSA) is 81.3 Å². The molecule has 0 aliphatic carbocycles. The summed E-state index contributed by atoms with van der Waals surface area (Å²) in [6, 6.07) is 11.6. The van der Waals surface area contributed by atoms with Crippen molar-refractivity contribution in [3.8, 4) is 27.7 Å². The summed E-state index contributed by atoms with van der Waals surface area (Å²) in [4.78, 5) is 24.2. The lowest BCUT2D eigenvalue weighted by Gasteiger charge is -2.34. The summed E-state index contributed by atoms with van der Waals surface area (Å²) in [5.41, 5.74) is 5.01. The molecule has 3 aromatic heterocycles. The molecule has 0 saturated heterocycles. The highest BCUT2D eigenvalue weighted by molar-refractivity contribution is 7.13. The maximum atomic E-state index is 13.2. The average Bonchev–Trinajstić information content (AvgIpc) is 3.43. The monoisotopic (exact) mass is 446 g/mol. The van der Waals surface area contributed by atoms with Crippen LogP contribution in [0.5, 0.6) is 5.75 Å². The molecular formula is C24H22N4O3S. The number of nitrogens with zero attached hydrogens (tertiary/aromatic N) is 4. The number of pyridine rings is 1. The Morgan fingerprint density at radius 1 is 1.16 bits per heavy atom. The molecular weight excluding hydrogens is 424 g/mol. The molecule has 1 aliphatic heterocycles. The number of hydrogen-bond donors (Lipinski definition) is 0. The Balaban J connectivity index is 1.54. The third-order valence-corrected chi connectivity index (χ3v) is 6.48. The second kappa shape index (κ2) is 8.20. The van der Waals surface area contributed by atoms with Gasteiger partial charge in [-0.15, -0.1) is 11.3 Å². The summed E-state index contributed by atoms with van der Waals surface area (Å²) in [6.07, 6.45) is 1.84. The molecule has 0 spiro atoms. The first-order valence-corrected chi connectivity index (χ1v) is 11.3. The summed E-state index contributed by atoms with van der Waals surface area (Å²) < 4.78 is 11.3. The number of fused-ring (bicyclic) bond motifs is 1. The van der Waals surface area contributed by atoms with E-state index < -0.39 is 6.10 Å². The van der Waals surface area contributed by atoms with Gasteiger partial charge in [0.1, 0.15) is 16.5 Å². The molecule has 32 heavy (non-hydrogen) atoms. The molecule has 1 amide bonds. The second-order valence-corrected chi connectivity index (χ2v) is 8.54. The van der Waals surface area contributed by atoms with Crippen LogP contribution in [0.3, 0.4) is 0 Å². The van der Waals surface area contributed by atoms with Crippen LogP contribution in [-0.2, 0) is 11.3 Å². The molecule has 1 atom stereocenters. The first-order valence-electron chi connectivity index (χ1n) is 10.5. The average molecular weight is 447 g/mol. The van der Waals surface area contributed by atoms with Crippen LogP contribution in [0.1, 0.15) is 30.4 Å². The van der Waals surface area contributed by atoms with E-state index in [1.807, 2.05) is 62.5 Å². The molecule has 8 heteroatoms. The van der Waals surface area contributed by atoms with Crippen molar-refractivity contribution in [3.05, 3.63) is 65.0 Å². The van der Waals surface area contributed by atoms with Crippen molar-refractivity contribution in [2.75, 3.05) is 4.90 Å². The largest absolute Gasteiger partial charge is 0.478 e. The molecule has 162 valence electrons. The lowest BCUT2D eigenvalue weighted by Crippen LogP contribution is -2.45. The highest BCUT2D eigenvalue weighted by Crippen LogP contribution is 2.40. The second-order valence-electron chi connectivity index (χ2n) is 7.68. The molecule has 1 unspecified atom stereocenters. The molecule has 0 fully saturated rings. The fourth-order valence-electron chi connectivity index (χ4n) is 3.80. The van der Waals surface area contributed by atoms with E-state index in [9.17, 15) is 4.79 Å². The number of benzene rings is 1. The van der Waals surface area contributed by atoms with Gasteiger partial charge in [-0.3, -0.25) is 9.78 Å². The van der Waals surface area contributed by atoms with Gasteiger partial charge >= 0.3 is 0 Å². The molecule has 0 saturated carbocycles. The quantitative estimate of drug-likeness (QED) is 0.420. The lowest BCUT2D eigenvalue weighted by atomic mass is 10.1. The Hall–Kier alpha value is -3.52. The van der Waals surface area contributed by atoms with E-state index in [1.54, 1.807) is 22.4 Å². The van der Waals surface area contributed by atoms with E-state index in [4.69, 9.17) is 14.2 Å². The Morgan fingerprint density at radius 2 is 2.03 bits per heavy atom. The number of carbonyl (C=O) groups is 1. The number of carbonyl (C=O) groups excluding carboxylic acids is 1. The Bertz CT molecular complexity index is 1260. The smallest absolute Gasteiger partial charge is 0.268 e. The number of anilines is 1. The van der Waals surface area contributed by atoms with Crippen LogP contribution in [-0.4, -0.2) is 27.1 Å². The minimum atomic E-state index is -0.510. The summed E-state index contributed by atoms with van der Waals surface area (Å²) in [5.74, 6) is 1.34. The third kappa shape index (κ3) is 3.56. The van der Waals surface area contributed by atoms with Crippen molar-refractivity contribution in [1.82, 2.24) is 15.1 Å². The molecule has 1 aromatic carbocycles. The first kappa shape index (κ1) is 20.4. The Kier molecular flexibility index (Phi) is 5.22. The maximum absolute atomic E-state index is 13.2. The zero-order valence-corrected chi connectivity index (χ0v) is 18.8. The van der Waals surface area contributed by atoms with Crippen molar-refractivity contribution < 1.29 is 14.1 Å². The van der Waals surface area contributed by atoms with Gasteiger partial charge in [0.15, 0.2) is 6.10 Å². The minimum Gasteiger partial charge on any atom is -0.478 e. The van der Waals surface area contributed by atoms with Gasteiger partial charge in [-0.05, 0) is 50.6 Å². The molecule has 0 bridgehead atoms. The number of aryl methyl sites for hydroxylation is 2. The fourth-order valence-corrected chi connectivity index (χ4v) is 4.61. The van der Waals surface area contributed by atoms with Gasteiger partial charge < -0.3 is 14.2 Å². The van der Waals surface area contributed by atoms with Crippen molar-refractivity contribution in [3.63, 3.8) is 0 Å². The van der Waals surface area contributed by atoms with Gasteiger partial charge in [-0.2, -0.15) is 0 Å². The van der Waals surface area contributed by atoms with Crippen LogP contribution < -0.4 is 9.64 Å². The summed E-state index contributed by atoms with van der Waals surface area (Å²) in [6.45, 7) is 6.08. The van der Waals surface area contributed by atoms with Crippen molar-refractivity contribution in [1.29, 1.82) is 0 Å². The van der Waals surface area contributed by atoms with E-state index in [2.05, 4.69) is 10.1 Å². The van der Waals surface area contributed by atoms with E-state index >= 15 is 0 Å². The summed E-state index contributed by atoms with van der Waals surface area (Å²) in [5, 5.41) is 6.90. The maximum Gasteiger partial charge on any atom is 0.268 e. The predicted octanol–water partition coefficient (Wildman–Crippen LogP) is 5.18. The van der Waals surface area contributed by atoms with E-state index in [0.717, 1.165) is 38.9 Å². The van der Waals surface area contributed by atoms with Gasteiger partial charge in [-0.25, -0.2) is 4.98 Å². The number of ether oxygens (including phenoxy) is 1. The van der Waals surface area contributed by atoms with Gasteiger partial charge in [0.2, 0.25) is 0 Å². The van der Waals surface area contributed by atoms with Gasteiger partial charge in [0, 0.05) is 22.7 Å². The van der Waals surface area contributed by atoms with Crippen molar-refractivity contribution >= 4 is 22.9 Å². The van der Waals surface area contributed by atoms with Crippen LogP contribution in [0.15, 0.2) is 52.5 Å². The molecule has 0 radical (unpaired) electrons. The number of thiazole rings is 1. The number of rotatable bonds is 5. The van der Waals surface area contributed by atoms with Crippen LogP contribution in [0.2, 0.25) is 0 Å². The highest BCUT2D eigenvalue weighted by Gasteiger charge is 2.34. The van der Waals surface area contributed by atoms with Crippen molar-refractivity contribution in [2.24, 2.45) is 0 Å². The van der Waals surface area contributed by atoms with Gasteiger partial charge in [0.25, 0.3) is 5.91 Å². The molecule has 5 rings (SSSR count). The van der Waals surface area contributed by atoms with E-state index in [-0.39, 0.29) is 5.91 Å². The third-order valence-electron chi connectivity index (χ3n) is 5.61. The standard InChI is InChI=1S/C24H22N4O3S/c1-4-21-24(29)28(12-17-14(2)27-31-15(17)3)20-11-16(8-9-22(20)30-21)19-13-32-23(26-19)18-7-5-6-10-25-18/h5-11,13,21H,4,12H2,1-3H3. The van der Waals surface area contributed by atoms with Crippen molar-refractivity contribution in [2.45, 2.75) is 39.8 Å². The zero-order valence-electron chi connectivity index (χ0n) is 18.0. The van der Waals surface area contributed by atoms with Crippen LogP contribution in [0.25, 0.3) is 22.0 Å². The number of amides is 1. The normalized spacial score (nSPS) is 15.5. The molecule has 7 nitrogen and oxygen atoms in total. The highest BCUT2D eigenvalue weighted by atomic mass is 32.1. The SMILES string of the molecule is CCC1Oc2ccc(-c3csc(-c4ccccn4)n3)cc2N(Cc2c(C)noc2C)C1=O. The van der Waals surface area contributed by atoms with E-state index in [1.165, 1.54) is 0 Å². The van der Waals surface area contributed by atoms with Crippen LogP contribution in [0.4, 0.5) is 5.69 Å². The minimum absolute atomic E-state index is 0.0652. The van der Waals surface area contributed by atoms with Gasteiger partial charge in [0.05, 0.1) is 29.3 Å². The fraction of sp³-hybridized carbons (Fsp3) is 0.250. The molecule has 4 aromatic rings. The molecule has 0 N–H and O–H groups in total. The zero-order chi connectivity index (χ0) is 22.2. The predicted molar refractivity (Wildman–Crippen MR) is 123 cm³/mol. The Labute approximate surface area is 189 Å². The molecule has 4 heterocycles. The lowest BCUT2D eigenvalue weighted by molar-refractivity contribution is -0.126. The van der Waals surface area contributed by atoms with Crippen LogP contribution >= 0.6 is 11.3 Å².